The number of carbonyl (C=O) groups excluding carboxylic acids is 1. The summed E-state index contributed by atoms with van der Waals surface area (Å²) in [6, 6.07) is -2.93. The van der Waals surface area contributed by atoms with E-state index in [-0.39, 0.29) is 19.0 Å². The molecule has 1 aliphatic heterocycles. The van der Waals surface area contributed by atoms with Crippen molar-refractivity contribution in [2.75, 3.05) is 6.54 Å². The Kier molecular flexibility index (Phi) is 5.76. The summed E-state index contributed by atoms with van der Waals surface area (Å²) in [5.74, 6) is -1.07. The lowest BCUT2D eigenvalue weighted by molar-refractivity contribution is -0.359. The SMILES string of the molecule is C[C@H]1[C@@H](OC(F)(F)F)CN1C(=O)C(N)C(F)F.Cl. The van der Waals surface area contributed by atoms with Gasteiger partial charge in [0.05, 0.1) is 6.04 Å². The first kappa shape index (κ1) is 17.3. The van der Waals surface area contributed by atoms with Crippen LogP contribution < -0.4 is 5.73 Å². The van der Waals surface area contributed by atoms with E-state index in [9.17, 15) is 26.7 Å². The predicted molar refractivity (Wildman–Crippen MR) is 53.3 cm³/mol. The molecular formula is C8H12ClF5N2O2. The van der Waals surface area contributed by atoms with Crippen LogP contribution in [0.3, 0.4) is 0 Å². The Bertz CT molecular complexity index is 302. The number of rotatable bonds is 3. The zero-order chi connectivity index (χ0) is 13.4. The maximum Gasteiger partial charge on any atom is 0.522 e. The smallest absolute Gasteiger partial charge is 0.333 e. The molecule has 0 aromatic rings. The minimum atomic E-state index is -4.81. The Morgan fingerprint density at radius 1 is 1.44 bits per heavy atom. The molecule has 1 amide bonds. The third-order valence-corrected chi connectivity index (χ3v) is 2.53. The van der Waals surface area contributed by atoms with Crippen LogP contribution in [0.15, 0.2) is 0 Å². The lowest BCUT2D eigenvalue weighted by Crippen LogP contribution is -2.66. The third-order valence-electron chi connectivity index (χ3n) is 2.53. The average Bonchev–Trinajstić information content (AvgIpc) is 2.19. The molecule has 1 saturated heterocycles. The standard InChI is InChI=1S/C8H11F5N2O2.ClH/c1-3-4(17-8(11,12)13)2-15(3)7(16)5(14)6(9)10;/h3-6H,2,14H2,1H3;1H/t3-,4-,5?;/m0./s1. The minimum absolute atomic E-state index is 0. The monoisotopic (exact) mass is 298 g/mol. The molecule has 0 aromatic carbocycles. The van der Waals surface area contributed by atoms with Gasteiger partial charge < -0.3 is 10.6 Å². The fourth-order valence-electron chi connectivity index (χ4n) is 1.47. The molecule has 1 heterocycles. The van der Waals surface area contributed by atoms with Gasteiger partial charge >= 0.3 is 6.36 Å². The summed E-state index contributed by atoms with van der Waals surface area (Å²) >= 11 is 0. The van der Waals surface area contributed by atoms with Gasteiger partial charge in [0.2, 0.25) is 5.91 Å². The molecule has 108 valence electrons. The number of hydrogen-bond acceptors (Lipinski definition) is 3. The number of nitrogens with zero attached hydrogens (tertiary/aromatic N) is 1. The van der Waals surface area contributed by atoms with Gasteiger partial charge in [0.15, 0.2) is 0 Å². The second-order valence-electron chi connectivity index (χ2n) is 3.69. The van der Waals surface area contributed by atoms with Gasteiger partial charge in [0.25, 0.3) is 6.43 Å². The van der Waals surface area contributed by atoms with Crippen molar-refractivity contribution in [3.8, 4) is 0 Å². The van der Waals surface area contributed by atoms with Crippen LogP contribution in [0.1, 0.15) is 6.92 Å². The maximum atomic E-state index is 12.1. The van der Waals surface area contributed by atoms with Crippen LogP contribution in [0.5, 0.6) is 0 Å². The first-order valence-corrected chi connectivity index (χ1v) is 4.72. The molecule has 0 saturated carbocycles. The Morgan fingerprint density at radius 3 is 2.28 bits per heavy atom. The fraction of sp³-hybridized carbons (Fsp3) is 0.875. The van der Waals surface area contributed by atoms with Crippen molar-refractivity contribution in [3.63, 3.8) is 0 Å². The van der Waals surface area contributed by atoms with Crippen molar-refractivity contribution in [2.24, 2.45) is 5.73 Å². The molecule has 1 unspecified atom stereocenters. The first-order valence-electron chi connectivity index (χ1n) is 4.72. The quantitative estimate of drug-likeness (QED) is 0.795. The van der Waals surface area contributed by atoms with Crippen molar-refractivity contribution in [3.05, 3.63) is 0 Å². The van der Waals surface area contributed by atoms with Crippen LogP contribution in [-0.4, -0.2) is 48.3 Å². The molecule has 3 atom stereocenters. The molecule has 0 aromatic heterocycles. The van der Waals surface area contributed by atoms with Crippen molar-refractivity contribution in [2.45, 2.75) is 37.9 Å². The highest BCUT2D eigenvalue weighted by molar-refractivity contribution is 5.85. The molecule has 0 spiro atoms. The van der Waals surface area contributed by atoms with E-state index in [0.717, 1.165) is 4.90 Å². The van der Waals surface area contributed by atoms with Crippen molar-refractivity contribution >= 4 is 18.3 Å². The lowest BCUT2D eigenvalue weighted by atomic mass is 10.00. The van der Waals surface area contributed by atoms with Crippen LogP contribution in [0.2, 0.25) is 0 Å². The van der Waals surface area contributed by atoms with Gasteiger partial charge in [-0.05, 0) is 6.92 Å². The van der Waals surface area contributed by atoms with Gasteiger partial charge in [-0.1, -0.05) is 0 Å². The number of alkyl halides is 5. The van der Waals surface area contributed by atoms with Gasteiger partial charge in [-0.15, -0.1) is 25.6 Å². The molecule has 1 rings (SSSR count). The number of hydrogen-bond donors (Lipinski definition) is 1. The number of carbonyl (C=O) groups is 1. The van der Waals surface area contributed by atoms with Crippen molar-refractivity contribution in [1.82, 2.24) is 4.90 Å². The van der Waals surface area contributed by atoms with Gasteiger partial charge in [-0.3, -0.25) is 9.53 Å². The first-order chi connectivity index (χ1) is 7.63. The molecule has 18 heavy (non-hydrogen) atoms. The molecule has 0 radical (unpaired) electrons. The number of ether oxygens (including phenoxy) is 1. The van der Waals surface area contributed by atoms with E-state index in [1.165, 1.54) is 6.92 Å². The largest absolute Gasteiger partial charge is 0.522 e. The number of halogens is 6. The summed E-state index contributed by atoms with van der Waals surface area (Å²) in [4.78, 5) is 12.1. The molecule has 0 aliphatic carbocycles. The van der Waals surface area contributed by atoms with Crippen LogP contribution in [-0.2, 0) is 9.53 Å². The van der Waals surface area contributed by atoms with Gasteiger partial charge in [0.1, 0.15) is 12.1 Å². The van der Waals surface area contributed by atoms with E-state index < -0.39 is 36.9 Å². The van der Waals surface area contributed by atoms with Crippen LogP contribution >= 0.6 is 12.4 Å². The second kappa shape index (κ2) is 5.98. The van der Waals surface area contributed by atoms with Crippen LogP contribution in [0, 0.1) is 0 Å². The normalized spacial score (nSPS) is 25.4. The number of nitrogens with two attached hydrogens (primary N) is 1. The molecule has 1 fully saturated rings. The van der Waals surface area contributed by atoms with Crippen molar-refractivity contribution < 1.29 is 31.5 Å². The topological polar surface area (TPSA) is 55.6 Å². The van der Waals surface area contributed by atoms with E-state index in [0.29, 0.717) is 0 Å². The summed E-state index contributed by atoms with van der Waals surface area (Å²) in [5, 5.41) is 0. The number of amides is 1. The molecule has 4 nitrogen and oxygen atoms in total. The Hall–Kier alpha value is -0.670. The second-order valence-corrected chi connectivity index (χ2v) is 3.69. The Morgan fingerprint density at radius 2 is 1.94 bits per heavy atom. The van der Waals surface area contributed by atoms with E-state index >= 15 is 0 Å². The Balaban J connectivity index is 0.00000289. The highest BCUT2D eigenvalue weighted by Gasteiger charge is 2.47. The molecule has 2 N–H and O–H groups in total. The van der Waals surface area contributed by atoms with Crippen molar-refractivity contribution in [1.29, 1.82) is 0 Å². The highest BCUT2D eigenvalue weighted by Crippen LogP contribution is 2.29. The third kappa shape index (κ3) is 3.92. The molecular weight excluding hydrogens is 287 g/mol. The molecule has 1 aliphatic rings. The predicted octanol–water partition coefficient (Wildman–Crippen LogP) is 1.14. The van der Waals surface area contributed by atoms with Gasteiger partial charge in [0, 0.05) is 6.54 Å². The van der Waals surface area contributed by atoms with Crippen LogP contribution in [0.4, 0.5) is 22.0 Å². The summed E-state index contributed by atoms with van der Waals surface area (Å²) in [6.07, 6.45) is -9.08. The van der Waals surface area contributed by atoms with Crippen LogP contribution in [0.25, 0.3) is 0 Å². The summed E-state index contributed by atoms with van der Waals surface area (Å²) < 4.78 is 63.4. The van der Waals surface area contributed by atoms with E-state index in [1.807, 2.05) is 0 Å². The summed E-state index contributed by atoms with van der Waals surface area (Å²) in [6.45, 7) is 0.885. The van der Waals surface area contributed by atoms with Gasteiger partial charge in [-0.2, -0.15) is 0 Å². The van der Waals surface area contributed by atoms with Gasteiger partial charge in [-0.25, -0.2) is 8.78 Å². The fourth-order valence-corrected chi connectivity index (χ4v) is 1.47. The van der Waals surface area contributed by atoms with E-state index in [4.69, 9.17) is 5.73 Å². The minimum Gasteiger partial charge on any atom is -0.333 e. The molecule has 0 bridgehead atoms. The van der Waals surface area contributed by atoms with E-state index in [1.54, 1.807) is 0 Å². The summed E-state index contributed by atoms with van der Waals surface area (Å²) in [5.41, 5.74) is 4.90. The van der Waals surface area contributed by atoms with E-state index in [2.05, 4.69) is 4.74 Å². The lowest BCUT2D eigenvalue weighted by Gasteiger charge is -2.46. The Labute approximate surface area is 106 Å². The number of likely N-dealkylation sites (tertiary alicyclic amines) is 1. The zero-order valence-corrected chi connectivity index (χ0v) is 9.97. The molecule has 10 heteroatoms. The average molecular weight is 299 g/mol. The zero-order valence-electron chi connectivity index (χ0n) is 9.16. The maximum absolute atomic E-state index is 12.1. The summed E-state index contributed by atoms with van der Waals surface area (Å²) in [7, 11) is 0. The highest BCUT2D eigenvalue weighted by atomic mass is 35.5.